The number of hydrogen-bond acceptors (Lipinski definition) is 15. The number of likely N-dealkylation sites (tertiary alicyclic amines) is 2. The zero-order valence-electron chi connectivity index (χ0n) is 50.1. The highest BCUT2D eigenvalue weighted by Gasteiger charge is 2.52. The van der Waals surface area contributed by atoms with Crippen molar-refractivity contribution in [3.8, 4) is 67.9 Å². The van der Waals surface area contributed by atoms with Crippen LogP contribution in [0.5, 0.6) is 0 Å². The van der Waals surface area contributed by atoms with Crippen LogP contribution in [-0.2, 0) is 53.1 Å². The van der Waals surface area contributed by atoms with Crippen LogP contribution in [0.4, 0.5) is 8.78 Å². The first-order chi connectivity index (χ1) is 44.4. The minimum Gasteiger partial charge on any atom is -0.480 e. The number of nitrogens with zero attached hydrogens (tertiary/aromatic N) is 8. The number of carbonyl (C=O) groups excluding carboxylic acids is 3. The van der Waals surface area contributed by atoms with E-state index in [-0.39, 0.29) is 54.7 Å². The standard InChI is InChI=1S/C39H37FN4O5.C32H31FN4O5/c40-34-25-32(15-16-33(34)30-9-5-2-6-10-30)36-41-35(42-49-36)31-13-11-28(12-14-31)26-43-19-17-39(18-20-43,37(45)44-21-23-47-24-22-44)38(46)48-27-29-7-3-1-4-8-29;33-27-20-25(10-11-26(27)23-4-2-1-3-5-23)29-34-28(35-42-29)24-8-6-22(7-9-24)21-36-14-12-32(13-15-36,31(39)40)30(38)37-16-18-41-19-17-37/h1-16,25H,17-24,26-27H2;1-11,20H,12-19,21H2,(H,39,40). The molecule has 4 fully saturated rings. The van der Waals surface area contributed by atoms with Crippen LogP contribution in [0.1, 0.15) is 42.4 Å². The highest BCUT2D eigenvalue weighted by atomic mass is 19.1. The van der Waals surface area contributed by atoms with E-state index in [1.165, 1.54) is 12.1 Å². The summed E-state index contributed by atoms with van der Waals surface area (Å²) in [5.74, 6) is -1.41. The number of carbonyl (C=O) groups is 4. The lowest BCUT2D eigenvalue weighted by atomic mass is 9.76. The predicted octanol–water partition coefficient (Wildman–Crippen LogP) is 11.1. The second-order valence-corrected chi connectivity index (χ2v) is 23.3. The molecule has 9 aromatic rings. The second-order valence-electron chi connectivity index (χ2n) is 23.3. The summed E-state index contributed by atoms with van der Waals surface area (Å²) in [5.41, 5.74) is 5.54. The van der Waals surface area contributed by atoms with Gasteiger partial charge >= 0.3 is 11.9 Å². The molecular formula is C71H68F2N8O10. The smallest absolute Gasteiger partial charge is 0.322 e. The van der Waals surface area contributed by atoms with E-state index >= 15 is 0 Å². The van der Waals surface area contributed by atoms with Crippen molar-refractivity contribution in [2.75, 3.05) is 78.8 Å². The van der Waals surface area contributed by atoms with Gasteiger partial charge in [-0.2, -0.15) is 9.97 Å². The molecule has 6 heterocycles. The summed E-state index contributed by atoms with van der Waals surface area (Å²) in [6, 6.07) is 53.6. The van der Waals surface area contributed by atoms with E-state index in [1.54, 1.807) is 34.1 Å². The lowest BCUT2D eigenvalue weighted by Gasteiger charge is -2.42. The normalized spacial score (nSPS) is 16.7. The van der Waals surface area contributed by atoms with Gasteiger partial charge in [-0.3, -0.25) is 29.0 Å². The molecule has 18 nitrogen and oxygen atoms in total. The Kier molecular flexibility index (Phi) is 19.0. The number of hydrogen-bond donors (Lipinski definition) is 1. The Bertz CT molecular complexity index is 3960. The number of aromatic nitrogens is 4. The van der Waals surface area contributed by atoms with Crippen LogP contribution >= 0.6 is 0 Å². The predicted molar refractivity (Wildman–Crippen MR) is 334 cm³/mol. The highest BCUT2D eigenvalue weighted by molar-refractivity contribution is 6.03. The molecule has 0 atom stereocenters. The Labute approximate surface area is 525 Å². The SMILES string of the molecule is O=C(O)C1(C(=O)N2CCOCC2)CCN(Cc2ccc(-c3noc(-c4ccc(-c5ccccc5)c(F)c4)n3)cc2)CC1.O=C(OCc1ccccc1)C1(C(=O)N2CCOCC2)CCN(Cc2ccc(-c3noc(-c4ccc(-c5ccccc5)c(F)c4)n3)cc2)CC1. The van der Waals surface area contributed by atoms with E-state index in [0.717, 1.165) is 38.9 Å². The van der Waals surface area contributed by atoms with Crippen molar-refractivity contribution < 1.29 is 56.3 Å². The molecule has 466 valence electrons. The minimum atomic E-state index is -1.38. The molecule has 0 aliphatic carbocycles. The number of piperidine rings is 2. The van der Waals surface area contributed by atoms with Crippen LogP contribution in [0.15, 0.2) is 185 Å². The lowest BCUT2D eigenvalue weighted by Crippen LogP contribution is -2.56. The first-order valence-electron chi connectivity index (χ1n) is 30.6. The van der Waals surface area contributed by atoms with Crippen molar-refractivity contribution in [3.63, 3.8) is 0 Å². The monoisotopic (exact) mass is 1230 g/mol. The molecule has 91 heavy (non-hydrogen) atoms. The zero-order chi connectivity index (χ0) is 62.7. The molecule has 20 heteroatoms. The third-order valence-corrected chi connectivity index (χ3v) is 17.5. The van der Waals surface area contributed by atoms with E-state index in [4.69, 9.17) is 23.3 Å². The first-order valence-corrected chi connectivity index (χ1v) is 30.6. The molecule has 4 aliphatic rings. The summed E-state index contributed by atoms with van der Waals surface area (Å²) >= 11 is 0. The molecule has 0 bridgehead atoms. The topological polar surface area (TPSA) is 207 Å². The van der Waals surface area contributed by atoms with Gasteiger partial charge in [-0.25, -0.2) is 8.78 Å². The number of aliphatic carboxylic acids is 1. The van der Waals surface area contributed by atoms with Crippen LogP contribution in [0, 0.1) is 22.5 Å². The van der Waals surface area contributed by atoms with Gasteiger partial charge in [-0.05, 0) is 77.8 Å². The van der Waals surface area contributed by atoms with Crippen molar-refractivity contribution in [2.24, 2.45) is 10.8 Å². The maximum Gasteiger partial charge on any atom is 0.322 e. The fourth-order valence-corrected chi connectivity index (χ4v) is 12.2. The summed E-state index contributed by atoms with van der Waals surface area (Å²) < 4.78 is 57.3. The number of benzene rings is 7. The molecule has 7 aromatic carbocycles. The van der Waals surface area contributed by atoms with Crippen LogP contribution in [-0.4, -0.2) is 148 Å². The number of morpholine rings is 2. The van der Waals surface area contributed by atoms with Gasteiger partial charge in [0.2, 0.25) is 23.5 Å². The Hall–Kier alpha value is -9.60. The van der Waals surface area contributed by atoms with E-state index in [1.807, 2.05) is 140 Å². The average Bonchev–Trinajstić information content (AvgIpc) is 1.56. The summed E-state index contributed by atoms with van der Waals surface area (Å²) in [7, 11) is 0. The number of carboxylic acids is 1. The van der Waals surface area contributed by atoms with Crippen LogP contribution in [0.2, 0.25) is 0 Å². The maximum absolute atomic E-state index is 15.0. The molecule has 2 amide bonds. The summed E-state index contributed by atoms with van der Waals surface area (Å²) in [6.07, 6.45) is 1.31. The summed E-state index contributed by atoms with van der Waals surface area (Å²) in [4.78, 5) is 69.7. The number of rotatable bonds is 16. The van der Waals surface area contributed by atoms with Crippen molar-refractivity contribution in [1.82, 2.24) is 39.9 Å². The molecule has 0 radical (unpaired) electrons. The van der Waals surface area contributed by atoms with Crippen LogP contribution < -0.4 is 0 Å². The number of esters is 1. The number of amides is 2. The minimum absolute atomic E-state index is 0.132. The van der Waals surface area contributed by atoms with E-state index in [0.29, 0.717) is 139 Å². The highest BCUT2D eigenvalue weighted by Crippen LogP contribution is 2.39. The lowest BCUT2D eigenvalue weighted by molar-refractivity contribution is -0.172. The van der Waals surface area contributed by atoms with Crippen LogP contribution in [0.25, 0.3) is 67.9 Å². The van der Waals surface area contributed by atoms with Gasteiger partial charge in [0.1, 0.15) is 29.1 Å². The first kappa shape index (κ1) is 61.6. The largest absolute Gasteiger partial charge is 0.480 e. The van der Waals surface area contributed by atoms with Gasteiger partial charge in [0.05, 0.1) is 26.4 Å². The van der Waals surface area contributed by atoms with Crippen molar-refractivity contribution in [2.45, 2.75) is 45.4 Å². The quantitative estimate of drug-likeness (QED) is 0.0705. The van der Waals surface area contributed by atoms with Crippen LogP contribution in [0.3, 0.4) is 0 Å². The zero-order valence-corrected chi connectivity index (χ0v) is 50.1. The van der Waals surface area contributed by atoms with Crippen molar-refractivity contribution >= 4 is 23.8 Å². The number of halogens is 2. The molecule has 2 aromatic heterocycles. The Balaban J connectivity index is 0.000000178. The summed E-state index contributed by atoms with van der Waals surface area (Å²) in [5, 5.41) is 18.2. The maximum atomic E-state index is 15.0. The van der Waals surface area contributed by atoms with Crippen molar-refractivity contribution in [1.29, 1.82) is 0 Å². The van der Waals surface area contributed by atoms with Gasteiger partial charge < -0.3 is 38.2 Å². The van der Waals surface area contributed by atoms with Crippen molar-refractivity contribution in [3.05, 3.63) is 204 Å². The molecule has 4 saturated heterocycles. The molecule has 0 spiro atoms. The second kappa shape index (κ2) is 28.1. The average molecular weight is 1230 g/mol. The third kappa shape index (κ3) is 14.1. The Morgan fingerprint density at radius 3 is 1.24 bits per heavy atom. The summed E-state index contributed by atoms with van der Waals surface area (Å²) in [6.45, 7) is 7.23. The molecule has 0 unspecified atom stereocenters. The molecule has 0 saturated carbocycles. The molecular weight excluding hydrogens is 1160 g/mol. The fourth-order valence-electron chi connectivity index (χ4n) is 12.2. The van der Waals surface area contributed by atoms with Gasteiger partial charge in [0, 0.05) is 98.8 Å². The van der Waals surface area contributed by atoms with Gasteiger partial charge in [-0.15, -0.1) is 0 Å². The van der Waals surface area contributed by atoms with E-state index in [9.17, 15) is 33.1 Å². The number of ether oxygens (including phenoxy) is 3. The van der Waals surface area contributed by atoms with E-state index in [2.05, 4.69) is 30.1 Å². The van der Waals surface area contributed by atoms with Gasteiger partial charge in [-0.1, -0.05) is 162 Å². The van der Waals surface area contributed by atoms with Gasteiger partial charge in [0.15, 0.2) is 0 Å². The van der Waals surface area contributed by atoms with Gasteiger partial charge in [0.25, 0.3) is 11.8 Å². The Morgan fingerprint density at radius 1 is 0.451 bits per heavy atom. The third-order valence-electron chi connectivity index (χ3n) is 17.5. The fraction of sp³-hybridized carbons (Fsp3) is 0.296. The van der Waals surface area contributed by atoms with E-state index < -0.39 is 22.8 Å². The molecule has 13 rings (SSSR count). The Morgan fingerprint density at radius 2 is 0.835 bits per heavy atom. The molecule has 1 N–H and O–H groups in total. The number of carboxylic acid groups (broad SMARTS) is 1. The molecule has 4 aliphatic heterocycles.